The van der Waals surface area contributed by atoms with Crippen molar-refractivity contribution >= 4 is 23.9 Å². The van der Waals surface area contributed by atoms with Crippen LogP contribution in [-0.2, 0) is 14.4 Å². The van der Waals surface area contributed by atoms with E-state index in [1.165, 1.54) is 23.3 Å². The van der Waals surface area contributed by atoms with Crippen LogP contribution in [0.4, 0.5) is 4.79 Å². The number of benzene rings is 3. The molecule has 188 valence electrons. The lowest BCUT2D eigenvalue weighted by molar-refractivity contribution is -0.168. The number of imide groups is 1. The van der Waals surface area contributed by atoms with Gasteiger partial charge < -0.3 is 14.9 Å². The third kappa shape index (κ3) is 4.95. The molecule has 0 saturated carbocycles. The molecule has 0 saturated heterocycles. The van der Waals surface area contributed by atoms with Gasteiger partial charge in [0, 0.05) is 18.9 Å². The van der Waals surface area contributed by atoms with Crippen molar-refractivity contribution in [1.82, 2.24) is 10.4 Å². The van der Waals surface area contributed by atoms with Gasteiger partial charge in [0.15, 0.2) is 0 Å². The molecule has 2 aliphatic rings. The van der Waals surface area contributed by atoms with E-state index < -0.39 is 23.9 Å². The average molecular weight is 499 g/mol. The Bertz CT molecular complexity index is 1290. The molecule has 8 heteroatoms. The molecule has 3 aromatic rings. The fourth-order valence-corrected chi connectivity index (χ4v) is 4.81. The van der Waals surface area contributed by atoms with Crippen molar-refractivity contribution in [3.8, 4) is 11.1 Å². The monoisotopic (exact) mass is 498 g/mol. The van der Waals surface area contributed by atoms with Gasteiger partial charge in [-0.3, -0.25) is 9.59 Å². The van der Waals surface area contributed by atoms with E-state index in [0.717, 1.165) is 11.1 Å². The van der Waals surface area contributed by atoms with Gasteiger partial charge in [0.05, 0.1) is 11.1 Å². The van der Waals surface area contributed by atoms with Gasteiger partial charge >= 0.3 is 12.1 Å². The molecular formula is C29H26N2O6. The third-order valence-corrected chi connectivity index (χ3v) is 6.62. The number of ether oxygens (including phenoxy) is 1. The summed E-state index contributed by atoms with van der Waals surface area (Å²) < 4.78 is 5.51. The largest absolute Gasteiger partial charge is 0.449 e. The zero-order valence-corrected chi connectivity index (χ0v) is 20.1. The number of alkyl carbamates (subject to hydrolysis) is 1. The predicted molar refractivity (Wildman–Crippen MR) is 135 cm³/mol. The molecule has 0 spiro atoms. The topological polar surface area (TPSA) is 102 Å². The number of unbranched alkanes of at least 4 members (excludes halogenated alkanes) is 2. The summed E-state index contributed by atoms with van der Waals surface area (Å²) in [4.78, 5) is 53.9. The van der Waals surface area contributed by atoms with E-state index in [1.807, 2.05) is 24.3 Å². The summed E-state index contributed by atoms with van der Waals surface area (Å²) in [5.41, 5.74) is 5.11. The van der Waals surface area contributed by atoms with Crippen LogP contribution >= 0.6 is 0 Å². The van der Waals surface area contributed by atoms with Gasteiger partial charge in [-0.1, -0.05) is 72.1 Å². The summed E-state index contributed by atoms with van der Waals surface area (Å²) in [6, 6.07) is 22.7. The minimum Gasteiger partial charge on any atom is -0.449 e. The molecule has 1 N–H and O–H groups in total. The van der Waals surface area contributed by atoms with Gasteiger partial charge in [0.2, 0.25) is 0 Å². The van der Waals surface area contributed by atoms with E-state index in [4.69, 9.17) is 9.57 Å². The Balaban J connectivity index is 0.994. The number of carbonyl (C=O) groups excluding carboxylic acids is 4. The second-order valence-corrected chi connectivity index (χ2v) is 8.98. The second kappa shape index (κ2) is 10.7. The minimum atomic E-state index is -0.654. The molecule has 1 aliphatic carbocycles. The van der Waals surface area contributed by atoms with Gasteiger partial charge in [-0.25, -0.2) is 9.59 Å². The number of amides is 3. The number of fused-ring (bicyclic) bond motifs is 4. The van der Waals surface area contributed by atoms with E-state index in [9.17, 15) is 19.2 Å². The highest BCUT2D eigenvalue weighted by Gasteiger charge is 2.38. The van der Waals surface area contributed by atoms with Crippen molar-refractivity contribution in [3.63, 3.8) is 0 Å². The normalized spacial score (nSPS) is 13.7. The van der Waals surface area contributed by atoms with Gasteiger partial charge in [-0.2, -0.15) is 0 Å². The molecule has 0 aromatic heterocycles. The summed E-state index contributed by atoms with van der Waals surface area (Å²) in [5, 5.41) is 3.27. The maximum Gasteiger partial charge on any atom is 0.407 e. The van der Waals surface area contributed by atoms with Crippen molar-refractivity contribution in [2.24, 2.45) is 0 Å². The highest BCUT2D eigenvalue weighted by molar-refractivity contribution is 6.20. The molecule has 3 aromatic carbocycles. The van der Waals surface area contributed by atoms with Gasteiger partial charge in [0.1, 0.15) is 6.61 Å². The lowest BCUT2D eigenvalue weighted by Gasteiger charge is -2.14. The van der Waals surface area contributed by atoms with Crippen LogP contribution in [0.2, 0.25) is 0 Å². The highest BCUT2D eigenvalue weighted by atomic mass is 16.7. The van der Waals surface area contributed by atoms with Crippen molar-refractivity contribution in [3.05, 3.63) is 95.1 Å². The Labute approximate surface area is 214 Å². The van der Waals surface area contributed by atoms with E-state index >= 15 is 0 Å². The number of rotatable bonds is 9. The SMILES string of the molecule is O=C(CCCCCNC(=O)OCC1c2ccccc2-c2ccccc21)ON1C(=O)c2ccccc2C1=O. The first kappa shape index (κ1) is 24.2. The molecule has 0 atom stereocenters. The van der Waals surface area contributed by atoms with Gasteiger partial charge in [-0.15, -0.1) is 0 Å². The Hall–Kier alpha value is -4.46. The number of nitrogens with zero attached hydrogens (tertiary/aromatic N) is 1. The number of carbonyl (C=O) groups is 4. The third-order valence-electron chi connectivity index (χ3n) is 6.62. The first-order valence-electron chi connectivity index (χ1n) is 12.3. The molecule has 0 unspecified atom stereocenters. The highest BCUT2D eigenvalue weighted by Crippen LogP contribution is 2.44. The molecular weight excluding hydrogens is 472 g/mol. The number of hydrogen-bond donors (Lipinski definition) is 1. The summed E-state index contributed by atoms with van der Waals surface area (Å²) in [5.74, 6) is -1.92. The first-order chi connectivity index (χ1) is 18.0. The zero-order valence-electron chi connectivity index (χ0n) is 20.1. The van der Waals surface area contributed by atoms with Crippen molar-refractivity contribution < 1.29 is 28.8 Å². The first-order valence-corrected chi connectivity index (χ1v) is 12.3. The van der Waals surface area contributed by atoms with Crippen LogP contribution in [-0.4, -0.2) is 42.1 Å². The molecule has 1 heterocycles. The van der Waals surface area contributed by atoms with Crippen LogP contribution in [0.25, 0.3) is 11.1 Å². The second-order valence-electron chi connectivity index (χ2n) is 8.98. The molecule has 5 rings (SSSR count). The Morgan fingerprint density at radius 3 is 1.86 bits per heavy atom. The van der Waals surface area contributed by atoms with Crippen molar-refractivity contribution in [2.45, 2.75) is 31.6 Å². The van der Waals surface area contributed by atoms with Crippen LogP contribution in [0.5, 0.6) is 0 Å². The minimum absolute atomic E-state index is 0.00586. The molecule has 3 amide bonds. The number of hydroxylamine groups is 2. The average Bonchev–Trinajstić information content (AvgIpc) is 3.37. The maximum absolute atomic E-state index is 12.3. The van der Waals surface area contributed by atoms with E-state index in [-0.39, 0.29) is 30.1 Å². The van der Waals surface area contributed by atoms with Gasteiger partial charge in [-0.05, 0) is 47.2 Å². The quantitative estimate of drug-likeness (QED) is 0.335. The van der Waals surface area contributed by atoms with Crippen LogP contribution in [0.15, 0.2) is 72.8 Å². The molecule has 0 bridgehead atoms. The van der Waals surface area contributed by atoms with E-state index in [2.05, 4.69) is 29.6 Å². The lowest BCUT2D eigenvalue weighted by Crippen LogP contribution is -2.32. The fourth-order valence-electron chi connectivity index (χ4n) is 4.81. The summed E-state index contributed by atoms with van der Waals surface area (Å²) >= 11 is 0. The molecule has 37 heavy (non-hydrogen) atoms. The lowest BCUT2D eigenvalue weighted by atomic mass is 9.98. The van der Waals surface area contributed by atoms with Crippen LogP contribution < -0.4 is 5.32 Å². The van der Waals surface area contributed by atoms with E-state index in [0.29, 0.717) is 30.9 Å². The standard InChI is InChI=1S/C29H26N2O6/c32-26(37-31-27(33)23-14-7-8-15-24(23)28(31)34)16-2-1-9-17-30-29(35)36-18-25-21-12-5-3-10-19(21)20-11-4-6-13-22(20)25/h3-8,10-15,25H,1-2,9,16-18H2,(H,30,35). The Kier molecular flexibility index (Phi) is 6.98. The van der Waals surface area contributed by atoms with Crippen LogP contribution in [0.3, 0.4) is 0 Å². The zero-order chi connectivity index (χ0) is 25.8. The van der Waals surface area contributed by atoms with Crippen molar-refractivity contribution in [2.75, 3.05) is 13.2 Å². The Morgan fingerprint density at radius 2 is 1.27 bits per heavy atom. The molecule has 8 nitrogen and oxygen atoms in total. The van der Waals surface area contributed by atoms with Crippen molar-refractivity contribution in [1.29, 1.82) is 0 Å². The molecule has 1 aliphatic heterocycles. The molecule has 0 radical (unpaired) electrons. The summed E-state index contributed by atoms with van der Waals surface area (Å²) in [6.45, 7) is 0.660. The number of nitrogens with one attached hydrogen (secondary N) is 1. The maximum atomic E-state index is 12.3. The van der Waals surface area contributed by atoms with Crippen LogP contribution in [0, 0.1) is 0 Å². The fraction of sp³-hybridized carbons (Fsp3) is 0.241. The van der Waals surface area contributed by atoms with E-state index in [1.54, 1.807) is 12.1 Å². The summed E-state index contributed by atoms with van der Waals surface area (Å²) in [6.07, 6.45) is 1.37. The summed E-state index contributed by atoms with van der Waals surface area (Å²) in [7, 11) is 0. The number of hydrogen-bond acceptors (Lipinski definition) is 6. The molecule has 0 fully saturated rings. The van der Waals surface area contributed by atoms with Gasteiger partial charge in [0.25, 0.3) is 11.8 Å². The smallest absolute Gasteiger partial charge is 0.407 e. The Morgan fingerprint density at radius 1 is 0.730 bits per heavy atom. The van der Waals surface area contributed by atoms with Crippen LogP contribution in [0.1, 0.15) is 63.4 Å². The predicted octanol–water partition coefficient (Wildman–Crippen LogP) is 4.84.